The van der Waals surface area contributed by atoms with Gasteiger partial charge in [0.1, 0.15) is 28.5 Å². The standard InChI is InChI=1S/C18H16F2N2O3/c1-18(2)9-10-5-3-8-13(15(10)25-18)21-17(24)22-16(23)14-11(19)6-4-7-12(14)20/h3-8H,9H2,1-2H3,(H2,21,22,23,24). The summed E-state index contributed by atoms with van der Waals surface area (Å²) in [6, 6.07) is 7.35. The molecule has 0 aliphatic carbocycles. The first kappa shape index (κ1) is 16.9. The summed E-state index contributed by atoms with van der Waals surface area (Å²) in [6.45, 7) is 3.84. The van der Waals surface area contributed by atoms with E-state index in [4.69, 9.17) is 4.74 Å². The van der Waals surface area contributed by atoms with Crippen molar-refractivity contribution in [3.63, 3.8) is 0 Å². The van der Waals surface area contributed by atoms with Crippen LogP contribution in [0.25, 0.3) is 0 Å². The van der Waals surface area contributed by atoms with Gasteiger partial charge in [0.25, 0.3) is 5.91 Å². The van der Waals surface area contributed by atoms with E-state index < -0.39 is 34.7 Å². The van der Waals surface area contributed by atoms with E-state index in [9.17, 15) is 18.4 Å². The van der Waals surface area contributed by atoms with Crippen LogP contribution in [-0.4, -0.2) is 17.5 Å². The van der Waals surface area contributed by atoms with Gasteiger partial charge in [0, 0.05) is 12.0 Å². The van der Waals surface area contributed by atoms with Gasteiger partial charge in [-0.25, -0.2) is 13.6 Å². The van der Waals surface area contributed by atoms with Crippen molar-refractivity contribution in [1.82, 2.24) is 5.32 Å². The normalized spacial score (nSPS) is 14.4. The summed E-state index contributed by atoms with van der Waals surface area (Å²) >= 11 is 0. The Kier molecular flexibility index (Phi) is 4.16. The molecule has 5 nitrogen and oxygen atoms in total. The quantitative estimate of drug-likeness (QED) is 0.872. The predicted octanol–water partition coefficient (Wildman–Crippen LogP) is 3.64. The molecule has 7 heteroatoms. The summed E-state index contributed by atoms with van der Waals surface area (Å²) in [5, 5.41) is 4.39. The third-order valence-electron chi connectivity index (χ3n) is 3.76. The number of rotatable bonds is 2. The zero-order valence-corrected chi connectivity index (χ0v) is 13.7. The number of amides is 3. The number of para-hydroxylation sites is 1. The minimum atomic E-state index is -1.16. The number of hydrogen-bond donors (Lipinski definition) is 2. The van der Waals surface area contributed by atoms with Gasteiger partial charge >= 0.3 is 6.03 Å². The lowest BCUT2D eigenvalue weighted by Gasteiger charge is -2.18. The van der Waals surface area contributed by atoms with Crippen LogP contribution in [0.2, 0.25) is 0 Å². The third kappa shape index (κ3) is 3.45. The van der Waals surface area contributed by atoms with Gasteiger partial charge < -0.3 is 10.1 Å². The van der Waals surface area contributed by atoms with E-state index >= 15 is 0 Å². The Morgan fingerprint density at radius 1 is 1.08 bits per heavy atom. The number of fused-ring (bicyclic) bond motifs is 1. The van der Waals surface area contributed by atoms with Crippen molar-refractivity contribution in [2.75, 3.05) is 5.32 Å². The Hall–Kier alpha value is -2.96. The molecule has 0 fully saturated rings. The average Bonchev–Trinajstić information content (AvgIpc) is 2.82. The first-order valence-corrected chi connectivity index (χ1v) is 7.64. The largest absolute Gasteiger partial charge is 0.485 e. The number of halogens is 2. The smallest absolute Gasteiger partial charge is 0.326 e. The van der Waals surface area contributed by atoms with Crippen molar-refractivity contribution in [1.29, 1.82) is 0 Å². The second-order valence-electron chi connectivity index (χ2n) is 6.34. The maximum atomic E-state index is 13.6. The van der Waals surface area contributed by atoms with Gasteiger partial charge in [0.2, 0.25) is 0 Å². The summed E-state index contributed by atoms with van der Waals surface area (Å²) in [6.07, 6.45) is 0.679. The van der Waals surface area contributed by atoms with Crippen LogP contribution in [0.4, 0.5) is 19.3 Å². The molecule has 1 aliphatic rings. The highest BCUT2D eigenvalue weighted by molar-refractivity contribution is 6.08. The van der Waals surface area contributed by atoms with E-state index in [-0.39, 0.29) is 0 Å². The molecule has 0 atom stereocenters. The Balaban J connectivity index is 1.75. The molecule has 0 bridgehead atoms. The Bertz CT molecular complexity index is 845. The SMILES string of the molecule is CC1(C)Cc2cccc(NC(=O)NC(=O)c3c(F)cccc3F)c2O1. The molecule has 3 rings (SSSR count). The van der Waals surface area contributed by atoms with Crippen molar-refractivity contribution in [3.8, 4) is 5.75 Å². The molecule has 0 saturated heterocycles. The van der Waals surface area contributed by atoms with Gasteiger partial charge in [0.05, 0.1) is 5.69 Å². The van der Waals surface area contributed by atoms with E-state index in [1.165, 1.54) is 0 Å². The average molecular weight is 346 g/mol. The summed E-state index contributed by atoms with van der Waals surface area (Å²) in [5.74, 6) is -2.74. The Morgan fingerprint density at radius 2 is 1.72 bits per heavy atom. The maximum Gasteiger partial charge on any atom is 0.326 e. The number of nitrogens with one attached hydrogen (secondary N) is 2. The zero-order valence-electron chi connectivity index (χ0n) is 13.7. The fourth-order valence-electron chi connectivity index (χ4n) is 2.75. The van der Waals surface area contributed by atoms with Crippen LogP contribution in [-0.2, 0) is 6.42 Å². The second kappa shape index (κ2) is 6.16. The first-order valence-electron chi connectivity index (χ1n) is 7.64. The minimum Gasteiger partial charge on any atom is -0.485 e. The molecule has 3 amide bonds. The van der Waals surface area contributed by atoms with E-state index in [1.807, 2.05) is 25.2 Å². The number of benzene rings is 2. The van der Waals surface area contributed by atoms with Crippen molar-refractivity contribution in [3.05, 3.63) is 59.2 Å². The zero-order chi connectivity index (χ0) is 18.2. The number of anilines is 1. The Labute approximate surface area is 143 Å². The molecule has 130 valence electrons. The molecule has 0 aromatic heterocycles. The van der Waals surface area contributed by atoms with Crippen molar-refractivity contribution in [2.24, 2.45) is 0 Å². The van der Waals surface area contributed by atoms with Gasteiger partial charge in [-0.2, -0.15) is 0 Å². The number of urea groups is 1. The molecular formula is C18H16F2N2O3. The van der Waals surface area contributed by atoms with Crippen molar-refractivity contribution >= 4 is 17.6 Å². The van der Waals surface area contributed by atoms with Crippen molar-refractivity contribution < 1.29 is 23.1 Å². The van der Waals surface area contributed by atoms with Crippen LogP contribution in [0, 0.1) is 11.6 Å². The number of hydrogen-bond acceptors (Lipinski definition) is 3. The molecule has 2 aromatic rings. The molecule has 0 unspecified atom stereocenters. The fraction of sp³-hybridized carbons (Fsp3) is 0.222. The van der Waals surface area contributed by atoms with E-state index in [1.54, 1.807) is 12.1 Å². The van der Waals surface area contributed by atoms with Crippen molar-refractivity contribution in [2.45, 2.75) is 25.9 Å². The van der Waals surface area contributed by atoms with E-state index in [2.05, 4.69) is 5.32 Å². The van der Waals surface area contributed by atoms with Gasteiger partial charge in [-0.05, 0) is 32.0 Å². The fourth-order valence-corrected chi connectivity index (χ4v) is 2.75. The topological polar surface area (TPSA) is 67.4 Å². The van der Waals surface area contributed by atoms with Crippen LogP contribution in [0.1, 0.15) is 29.8 Å². The lowest BCUT2D eigenvalue weighted by molar-refractivity contribution is 0.0958. The molecule has 2 aromatic carbocycles. The monoisotopic (exact) mass is 346 g/mol. The number of ether oxygens (including phenoxy) is 1. The highest BCUT2D eigenvalue weighted by Crippen LogP contribution is 2.40. The van der Waals surface area contributed by atoms with Crippen LogP contribution in [0.15, 0.2) is 36.4 Å². The van der Waals surface area contributed by atoms with Crippen LogP contribution in [0.5, 0.6) is 5.75 Å². The summed E-state index contributed by atoms with van der Waals surface area (Å²) in [5.41, 5.74) is 0.0906. The molecule has 1 heterocycles. The highest BCUT2D eigenvalue weighted by atomic mass is 19.1. The first-order chi connectivity index (χ1) is 11.8. The maximum absolute atomic E-state index is 13.6. The molecule has 25 heavy (non-hydrogen) atoms. The highest BCUT2D eigenvalue weighted by Gasteiger charge is 2.32. The summed E-state index contributed by atoms with van der Waals surface area (Å²) < 4.78 is 33.0. The number of imide groups is 1. The summed E-state index contributed by atoms with van der Waals surface area (Å²) in [4.78, 5) is 24.0. The van der Waals surface area contributed by atoms with Gasteiger partial charge in [-0.3, -0.25) is 10.1 Å². The molecular weight excluding hydrogens is 330 g/mol. The van der Waals surface area contributed by atoms with E-state index in [0.717, 1.165) is 23.8 Å². The van der Waals surface area contributed by atoms with E-state index in [0.29, 0.717) is 17.9 Å². The van der Waals surface area contributed by atoms with Crippen LogP contribution < -0.4 is 15.4 Å². The van der Waals surface area contributed by atoms with Gasteiger partial charge in [0.15, 0.2) is 0 Å². The third-order valence-corrected chi connectivity index (χ3v) is 3.76. The predicted molar refractivity (Wildman–Crippen MR) is 87.7 cm³/mol. The van der Waals surface area contributed by atoms with Gasteiger partial charge in [-0.1, -0.05) is 18.2 Å². The molecule has 2 N–H and O–H groups in total. The summed E-state index contributed by atoms with van der Waals surface area (Å²) in [7, 11) is 0. The Morgan fingerprint density at radius 3 is 2.40 bits per heavy atom. The van der Waals surface area contributed by atoms with Crippen LogP contribution in [0.3, 0.4) is 0 Å². The lowest BCUT2D eigenvalue weighted by atomic mass is 10.0. The molecule has 0 saturated carbocycles. The minimum absolute atomic E-state index is 0.377. The molecule has 1 aliphatic heterocycles. The molecule has 0 spiro atoms. The second-order valence-corrected chi connectivity index (χ2v) is 6.34. The molecule has 0 radical (unpaired) electrons. The van der Waals surface area contributed by atoms with Crippen LogP contribution >= 0.6 is 0 Å². The lowest BCUT2D eigenvalue weighted by Crippen LogP contribution is -2.35. The number of carbonyl (C=O) groups is 2. The number of carbonyl (C=O) groups excluding carboxylic acids is 2. The van der Waals surface area contributed by atoms with Gasteiger partial charge in [-0.15, -0.1) is 0 Å².